The Morgan fingerprint density at radius 1 is 1.18 bits per heavy atom. The van der Waals surface area contributed by atoms with Crippen molar-refractivity contribution < 1.29 is 17.9 Å². The number of nitrogens with one attached hydrogen (secondary N) is 1. The van der Waals surface area contributed by atoms with Crippen LogP contribution in [0.5, 0.6) is 5.75 Å². The molecule has 0 saturated carbocycles. The number of amides is 1. The van der Waals surface area contributed by atoms with E-state index in [4.69, 9.17) is 16.3 Å². The van der Waals surface area contributed by atoms with Crippen molar-refractivity contribution in [3.8, 4) is 5.75 Å². The Balaban J connectivity index is 1.89. The van der Waals surface area contributed by atoms with Crippen molar-refractivity contribution in [3.05, 3.63) is 52.5 Å². The predicted molar refractivity (Wildman–Crippen MR) is 109 cm³/mol. The van der Waals surface area contributed by atoms with Crippen LogP contribution in [-0.4, -0.2) is 38.3 Å². The summed E-state index contributed by atoms with van der Waals surface area (Å²) in [5.74, 6) is 0.103. The van der Waals surface area contributed by atoms with Crippen molar-refractivity contribution in [2.75, 3.05) is 19.0 Å². The monoisotopic (exact) mass is 422 g/mol. The van der Waals surface area contributed by atoms with Gasteiger partial charge in [-0.2, -0.15) is 4.31 Å². The average molecular weight is 423 g/mol. The Morgan fingerprint density at radius 2 is 1.89 bits per heavy atom. The third-order valence-corrected chi connectivity index (χ3v) is 7.23. The lowest BCUT2D eigenvalue weighted by Gasteiger charge is -2.24. The summed E-state index contributed by atoms with van der Waals surface area (Å²) in [6.45, 7) is 3.88. The fourth-order valence-corrected chi connectivity index (χ4v) is 5.42. The average Bonchev–Trinajstić information content (AvgIpc) is 3.16. The van der Waals surface area contributed by atoms with Gasteiger partial charge in [-0.3, -0.25) is 4.79 Å². The Bertz CT molecular complexity index is 1010. The van der Waals surface area contributed by atoms with Crippen LogP contribution in [0.15, 0.2) is 41.3 Å². The lowest BCUT2D eigenvalue weighted by Crippen LogP contribution is -2.43. The molecule has 3 rings (SSSR count). The molecule has 0 bridgehead atoms. The largest absolute Gasteiger partial charge is 0.497 e. The van der Waals surface area contributed by atoms with E-state index in [0.29, 0.717) is 41.4 Å². The SMILES string of the molecule is COc1ccc(C)c(S(=O)(=O)N2CCC[C@@H]2C(=O)Nc2cc(Cl)ccc2C)c1. The fourth-order valence-electron chi connectivity index (χ4n) is 3.35. The van der Waals surface area contributed by atoms with Gasteiger partial charge in [0.2, 0.25) is 15.9 Å². The maximum Gasteiger partial charge on any atom is 0.244 e. The van der Waals surface area contributed by atoms with Crippen molar-refractivity contribution in [2.24, 2.45) is 0 Å². The van der Waals surface area contributed by atoms with Crippen LogP contribution in [-0.2, 0) is 14.8 Å². The number of anilines is 1. The van der Waals surface area contributed by atoms with Gasteiger partial charge < -0.3 is 10.1 Å². The normalized spacial score (nSPS) is 17.5. The molecule has 0 spiro atoms. The first-order valence-electron chi connectivity index (χ1n) is 8.97. The van der Waals surface area contributed by atoms with Gasteiger partial charge in [-0.05, 0) is 56.0 Å². The summed E-state index contributed by atoms with van der Waals surface area (Å²) in [6.07, 6.45) is 1.09. The molecule has 6 nitrogen and oxygen atoms in total. The first-order valence-corrected chi connectivity index (χ1v) is 10.8. The van der Waals surface area contributed by atoms with E-state index in [-0.39, 0.29) is 10.8 Å². The van der Waals surface area contributed by atoms with Crippen molar-refractivity contribution in [2.45, 2.75) is 37.6 Å². The van der Waals surface area contributed by atoms with E-state index in [9.17, 15) is 13.2 Å². The maximum absolute atomic E-state index is 13.3. The number of nitrogens with zero attached hydrogens (tertiary/aromatic N) is 1. The number of halogens is 1. The van der Waals surface area contributed by atoms with Crippen LogP contribution in [0, 0.1) is 13.8 Å². The van der Waals surface area contributed by atoms with E-state index in [1.165, 1.54) is 17.5 Å². The quantitative estimate of drug-likeness (QED) is 0.796. The zero-order valence-electron chi connectivity index (χ0n) is 16.0. The third kappa shape index (κ3) is 4.01. The summed E-state index contributed by atoms with van der Waals surface area (Å²) < 4.78 is 33.0. The summed E-state index contributed by atoms with van der Waals surface area (Å²) in [4.78, 5) is 13.0. The lowest BCUT2D eigenvalue weighted by atomic mass is 10.1. The Morgan fingerprint density at radius 3 is 2.61 bits per heavy atom. The lowest BCUT2D eigenvalue weighted by molar-refractivity contribution is -0.119. The molecule has 1 heterocycles. The summed E-state index contributed by atoms with van der Waals surface area (Å²) in [7, 11) is -2.35. The van der Waals surface area contributed by atoms with Crippen LogP contribution in [0.3, 0.4) is 0 Å². The second-order valence-corrected chi connectivity index (χ2v) is 9.15. The molecule has 1 saturated heterocycles. The van der Waals surface area contributed by atoms with Crippen LogP contribution < -0.4 is 10.1 Å². The summed E-state index contributed by atoms with van der Waals surface area (Å²) in [5.41, 5.74) is 2.05. The fraction of sp³-hybridized carbons (Fsp3) is 0.350. The summed E-state index contributed by atoms with van der Waals surface area (Å²) in [5, 5.41) is 3.33. The molecule has 1 aliphatic rings. The zero-order valence-corrected chi connectivity index (χ0v) is 17.6. The first kappa shape index (κ1) is 20.6. The standard InChI is InChI=1S/C20H23ClN2O4S/c1-13-6-8-15(21)11-17(13)22-20(24)18-5-4-10-23(18)28(25,26)19-12-16(27-3)9-7-14(19)2/h6-9,11-12,18H,4-5,10H2,1-3H3,(H,22,24)/t18-/m1/s1. The summed E-state index contributed by atoms with van der Waals surface area (Å²) >= 11 is 6.02. The molecule has 0 radical (unpaired) electrons. The van der Waals surface area contributed by atoms with Gasteiger partial charge in [0, 0.05) is 23.3 Å². The molecule has 1 amide bonds. The van der Waals surface area contributed by atoms with Crippen molar-refractivity contribution >= 4 is 33.2 Å². The van der Waals surface area contributed by atoms with E-state index in [2.05, 4.69) is 5.32 Å². The molecule has 2 aromatic rings. The molecule has 0 unspecified atom stereocenters. The van der Waals surface area contributed by atoms with Gasteiger partial charge in [-0.1, -0.05) is 23.7 Å². The molecule has 2 aromatic carbocycles. The number of methoxy groups -OCH3 is 1. The number of carbonyl (C=O) groups is 1. The number of rotatable bonds is 5. The Kier molecular flexibility index (Phi) is 5.98. The smallest absolute Gasteiger partial charge is 0.244 e. The van der Waals surface area contributed by atoms with Gasteiger partial charge in [-0.15, -0.1) is 0 Å². The molecule has 1 N–H and O–H groups in total. The molecular weight excluding hydrogens is 400 g/mol. The number of sulfonamides is 1. The van der Waals surface area contributed by atoms with Crippen LogP contribution in [0.4, 0.5) is 5.69 Å². The van der Waals surface area contributed by atoms with Crippen molar-refractivity contribution in [3.63, 3.8) is 0 Å². The highest BCUT2D eigenvalue weighted by atomic mass is 35.5. The molecule has 0 aromatic heterocycles. The maximum atomic E-state index is 13.3. The predicted octanol–water partition coefficient (Wildman–Crippen LogP) is 3.76. The molecule has 0 aliphatic carbocycles. The number of ether oxygens (including phenoxy) is 1. The van der Waals surface area contributed by atoms with Gasteiger partial charge in [0.05, 0.1) is 12.0 Å². The van der Waals surface area contributed by atoms with Gasteiger partial charge >= 0.3 is 0 Å². The van der Waals surface area contributed by atoms with Gasteiger partial charge in [0.1, 0.15) is 11.8 Å². The minimum atomic E-state index is -3.84. The topological polar surface area (TPSA) is 75.7 Å². The van der Waals surface area contributed by atoms with Crippen molar-refractivity contribution in [1.29, 1.82) is 0 Å². The zero-order chi connectivity index (χ0) is 20.5. The van der Waals surface area contributed by atoms with Crippen LogP contribution >= 0.6 is 11.6 Å². The van der Waals surface area contributed by atoms with Crippen molar-refractivity contribution in [1.82, 2.24) is 4.31 Å². The number of carbonyl (C=O) groups excluding carboxylic acids is 1. The van der Waals surface area contributed by atoms with Gasteiger partial charge in [0.15, 0.2) is 0 Å². The molecule has 1 atom stereocenters. The highest BCUT2D eigenvalue weighted by Crippen LogP contribution is 2.31. The summed E-state index contributed by atoms with van der Waals surface area (Å²) in [6, 6.07) is 9.35. The van der Waals surface area contributed by atoms with E-state index >= 15 is 0 Å². The number of hydrogen-bond acceptors (Lipinski definition) is 4. The van der Waals surface area contributed by atoms with Crippen LogP contribution in [0.25, 0.3) is 0 Å². The van der Waals surface area contributed by atoms with E-state index in [0.717, 1.165) is 5.56 Å². The molecule has 1 aliphatic heterocycles. The van der Waals surface area contributed by atoms with E-state index in [1.54, 1.807) is 37.3 Å². The van der Waals surface area contributed by atoms with Crippen LogP contribution in [0.2, 0.25) is 5.02 Å². The highest BCUT2D eigenvalue weighted by Gasteiger charge is 2.40. The van der Waals surface area contributed by atoms with E-state index < -0.39 is 16.1 Å². The highest BCUT2D eigenvalue weighted by molar-refractivity contribution is 7.89. The molecular formula is C20H23ClN2O4S. The minimum absolute atomic E-state index is 0.158. The second-order valence-electron chi connectivity index (χ2n) is 6.85. The first-order chi connectivity index (χ1) is 13.2. The Labute approximate surface area is 170 Å². The number of aryl methyl sites for hydroxylation is 2. The second kappa shape index (κ2) is 8.11. The minimum Gasteiger partial charge on any atom is -0.497 e. The molecule has 1 fully saturated rings. The van der Waals surface area contributed by atoms with Gasteiger partial charge in [0.25, 0.3) is 0 Å². The Hall–Kier alpha value is -2.09. The van der Waals surface area contributed by atoms with Crippen LogP contribution in [0.1, 0.15) is 24.0 Å². The van der Waals surface area contributed by atoms with Gasteiger partial charge in [-0.25, -0.2) is 8.42 Å². The number of benzene rings is 2. The molecule has 8 heteroatoms. The molecule has 28 heavy (non-hydrogen) atoms. The number of hydrogen-bond donors (Lipinski definition) is 1. The van der Waals surface area contributed by atoms with E-state index in [1.807, 2.05) is 6.92 Å². The third-order valence-electron chi connectivity index (χ3n) is 4.95. The molecule has 150 valence electrons.